The van der Waals surface area contributed by atoms with Crippen LogP contribution in [0.1, 0.15) is 30.0 Å². The molecule has 0 spiro atoms. The number of hydrogen-bond donors (Lipinski definition) is 1. The number of aromatic nitrogens is 3. The number of thiophene rings is 1. The largest absolute Gasteiger partial charge is 0.307 e. The van der Waals surface area contributed by atoms with Crippen LogP contribution in [0.2, 0.25) is 0 Å². The van der Waals surface area contributed by atoms with Crippen LogP contribution in [0.25, 0.3) is 10.1 Å². The highest BCUT2D eigenvalue weighted by molar-refractivity contribution is 7.19. The smallest absolute Gasteiger partial charge is 0.0856 e. The van der Waals surface area contributed by atoms with E-state index in [2.05, 4.69) is 52.9 Å². The van der Waals surface area contributed by atoms with E-state index in [1.165, 1.54) is 15.0 Å². The highest BCUT2D eigenvalue weighted by Crippen LogP contribution is 2.32. The molecule has 0 saturated carbocycles. The summed E-state index contributed by atoms with van der Waals surface area (Å²) in [5.74, 6) is 0. The normalized spacial score (nSPS) is 12.9. The van der Waals surface area contributed by atoms with Crippen LogP contribution >= 0.6 is 11.3 Å². The monoisotopic (exact) mass is 286 g/mol. The van der Waals surface area contributed by atoms with Crippen molar-refractivity contribution in [3.05, 3.63) is 47.1 Å². The number of fused-ring (bicyclic) bond motifs is 1. The molecule has 2 heterocycles. The first-order chi connectivity index (χ1) is 9.83. The van der Waals surface area contributed by atoms with Crippen molar-refractivity contribution < 1.29 is 0 Å². The summed E-state index contributed by atoms with van der Waals surface area (Å²) < 4.78 is 3.31. The van der Waals surface area contributed by atoms with Crippen LogP contribution in [-0.4, -0.2) is 22.0 Å². The molecule has 3 rings (SSSR count). The summed E-state index contributed by atoms with van der Waals surface area (Å²) >= 11 is 1.82. The second-order valence-electron chi connectivity index (χ2n) is 4.79. The Bertz CT molecular complexity index is 668. The maximum atomic E-state index is 4.19. The van der Waals surface area contributed by atoms with E-state index < -0.39 is 0 Å². The Hall–Kier alpha value is -1.72. The van der Waals surface area contributed by atoms with E-state index in [-0.39, 0.29) is 6.04 Å². The van der Waals surface area contributed by atoms with Crippen LogP contribution in [0.15, 0.2) is 36.5 Å². The summed E-state index contributed by atoms with van der Waals surface area (Å²) in [6.45, 7) is 3.05. The van der Waals surface area contributed by atoms with Crippen LogP contribution in [0.5, 0.6) is 0 Å². The van der Waals surface area contributed by atoms with Crippen LogP contribution in [-0.2, 0) is 6.54 Å². The Balaban J connectivity index is 2.02. The summed E-state index contributed by atoms with van der Waals surface area (Å²) in [5.41, 5.74) is 1.13. The van der Waals surface area contributed by atoms with Crippen molar-refractivity contribution in [1.29, 1.82) is 0 Å². The Labute approximate surface area is 122 Å². The Morgan fingerprint density at radius 3 is 2.95 bits per heavy atom. The fraction of sp³-hybridized carbons (Fsp3) is 0.333. The van der Waals surface area contributed by atoms with E-state index in [1.54, 1.807) is 0 Å². The van der Waals surface area contributed by atoms with Gasteiger partial charge in [0.2, 0.25) is 0 Å². The van der Waals surface area contributed by atoms with Gasteiger partial charge >= 0.3 is 0 Å². The molecule has 20 heavy (non-hydrogen) atoms. The van der Waals surface area contributed by atoms with Gasteiger partial charge in [-0.05, 0) is 31.0 Å². The van der Waals surface area contributed by atoms with Crippen LogP contribution in [0, 0.1) is 0 Å². The predicted octanol–water partition coefficient (Wildman–Crippen LogP) is 3.21. The maximum Gasteiger partial charge on any atom is 0.0856 e. The second kappa shape index (κ2) is 5.73. The van der Waals surface area contributed by atoms with Gasteiger partial charge in [-0.1, -0.05) is 30.3 Å². The number of nitrogens with zero attached hydrogens (tertiary/aromatic N) is 3. The molecule has 5 heteroatoms. The number of benzene rings is 1. The lowest BCUT2D eigenvalue weighted by Gasteiger charge is -2.15. The van der Waals surface area contributed by atoms with Gasteiger partial charge in [0.05, 0.1) is 17.9 Å². The Morgan fingerprint density at radius 2 is 2.20 bits per heavy atom. The lowest BCUT2D eigenvalue weighted by Crippen LogP contribution is -2.20. The SMILES string of the molecule is CCCn1nncc1C(NC)c1cc2ccccc2s1. The molecule has 3 aromatic rings. The number of rotatable bonds is 5. The number of hydrogen-bond acceptors (Lipinski definition) is 4. The molecule has 0 bridgehead atoms. The van der Waals surface area contributed by atoms with E-state index in [1.807, 2.05) is 29.3 Å². The van der Waals surface area contributed by atoms with Crippen LogP contribution in [0.3, 0.4) is 0 Å². The highest BCUT2D eigenvalue weighted by atomic mass is 32.1. The minimum absolute atomic E-state index is 0.147. The van der Waals surface area contributed by atoms with Crippen LogP contribution < -0.4 is 5.32 Å². The van der Waals surface area contributed by atoms with Gasteiger partial charge in [-0.15, -0.1) is 16.4 Å². The fourth-order valence-corrected chi connectivity index (χ4v) is 3.64. The molecule has 0 aliphatic heterocycles. The Morgan fingerprint density at radius 1 is 1.35 bits per heavy atom. The van der Waals surface area contributed by atoms with Crippen molar-refractivity contribution in [2.45, 2.75) is 25.9 Å². The molecule has 4 nitrogen and oxygen atoms in total. The van der Waals surface area contributed by atoms with Crippen molar-refractivity contribution in [3.63, 3.8) is 0 Å². The van der Waals surface area contributed by atoms with Gasteiger partial charge in [-0.2, -0.15) is 0 Å². The lowest BCUT2D eigenvalue weighted by atomic mass is 10.1. The minimum Gasteiger partial charge on any atom is -0.307 e. The zero-order chi connectivity index (χ0) is 13.9. The van der Waals surface area contributed by atoms with Crippen molar-refractivity contribution in [1.82, 2.24) is 20.3 Å². The summed E-state index contributed by atoms with van der Waals surface area (Å²) in [5, 5.41) is 12.9. The zero-order valence-corrected chi connectivity index (χ0v) is 12.5. The van der Waals surface area contributed by atoms with Gasteiger partial charge in [0.15, 0.2) is 0 Å². The van der Waals surface area contributed by atoms with Crippen molar-refractivity contribution in [3.8, 4) is 0 Å². The van der Waals surface area contributed by atoms with Crippen molar-refractivity contribution >= 4 is 21.4 Å². The average Bonchev–Trinajstić information content (AvgIpc) is 3.07. The zero-order valence-electron chi connectivity index (χ0n) is 11.7. The van der Waals surface area contributed by atoms with Gasteiger partial charge in [0.1, 0.15) is 0 Å². The third kappa shape index (κ3) is 2.34. The molecule has 104 valence electrons. The molecule has 0 aliphatic carbocycles. The number of nitrogens with one attached hydrogen (secondary N) is 1. The summed E-state index contributed by atoms with van der Waals surface area (Å²) in [7, 11) is 1.98. The molecule has 1 atom stereocenters. The van der Waals surface area contributed by atoms with E-state index in [9.17, 15) is 0 Å². The molecule has 0 amide bonds. The summed E-state index contributed by atoms with van der Waals surface area (Å²) in [6, 6.07) is 10.9. The van der Waals surface area contributed by atoms with Crippen LogP contribution in [0.4, 0.5) is 0 Å². The van der Waals surface area contributed by atoms with E-state index in [0.29, 0.717) is 0 Å². The number of aryl methyl sites for hydroxylation is 1. The molecule has 0 aliphatic rings. The van der Waals surface area contributed by atoms with Gasteiger partial charge in [0.25, 0.3) is 0 Å². The van der Waals surface area contributed by atoms with E-state index >= 15 is 0 Å². The Kier molecular flexibility index (Phi) is 3.80. The third-order valence-electron chi connectivity index (χ3n) is 3.40. The highest BCUT2D eigenvalue weighted by Gasteiger charge is 2.19. The van der Waals surface area contributed by atoms with E-state index in [4.69, 9.17) is 0 Å². The molecular formula is C15H18N4S. The molecule has 1 unspecified atom stereocenters. The topological polar surface area (TPSA) is 42.7 Å². The van der Waals surface area contributed by atoms with Gasteiger partial charge in [0, 0.05) is 16.1 Å². The van der Waals surface area contributed by atoms with Crippen molar-refractivity contribution in [2.24, 2.45) is 0 Å². The fourth-order valence-electron chi connectivity index (χ4n) is 2.46. The van der Waals surface area contributed by atoms with Gasteiger partial charge in [-0.3, -0.25) is 0 Å². The van der Waals surface area contributed by atoms with Crippen molar-refractivity contribution in [2.75, 3.05) is 7.05 Å². The molecular weight excluding hydrogens is 268 g/mol. The first-order valence-corrected chi connectivity index (χ1v) is 7.69. The molecule has 2 aromatic heterocycles. The lowest BCUT2D eigenvalue weighted by molar-refractivity contribution is 0.526. The van der Waals surface area contributed by atoms with Gasteiger partial charge < -0.3 is 5.32 Å². The molecule has 0 radical (unpaired) electrons. The molecule has 0 fully saturated rings. The van der Waals surface area contributed by atoms with Gasteiger partial charge in [-0.25, -0.2) is 4.68 Å². The average molecular weight is 286 g/mol. The summed E-state index contributed by atoms with van der Waals surface area (Å²) in [6.07, 6.45) is 2.92. The second-order valence-corrected chi connectivity index (χ2v) is 5.91. The minimum atomic E-state index is 0.147. The molecule has 1 N–H and O–H groups in total. The quantitative estimate of drug-likeness (QED) is 0.783. The standard InChI is InChI=1S/C15H18N4S/c1-3-8-19-12(10-17-18-19)15(16-2)14-9-11-6-4-5-7-13(11)20-14/h4-7,9-10,15-16H,3,8H2,1-2H3. The first kappa shape index (κ1) is 13.3. The van der Waals surface area contributed by atoms with E-state index in [0.717, 1.165) is 18.7 Å². The molecule has 1 aromatic carbocycles. The summed E-state index contributed by atoms with van der Waals surface area (Å²) in [4.78, 5) is 1.30. The maximum absolute atomic E-state index is 4.19. The molecule has 0 saturated heterocycles. The predicted molar refractivity (Wildman–Crippen MR) is 83.0 cm³/mol. The first-order valence-electron chi connectivity index (χ1n) is 6.87. The third-order valence-corrected chi connectivity index (χ3v) is 4.58.